The molecule has 0 radical (unpaired) electrons. The number of imidazole rings is 2. The lowest BCUT2D eigenvalue weighted by Gasteiger charge is -2.25. The number of nitrogens with zero attached hydrogens (tertiary/aromatic N) is 5. The highest BCUT2D eigenvalue weighted by Crippen LogP contribution is 2.25. The van der Waals surface area contributed by atoms with E-state index in [0.29, 0.717) is 19.5 Å². The Morgan fingerprint density at radius 3 is 2.62 bits per heavy atom. The van der Waals surface area contributed by atoms with Crippen LogP contribution >= 0.6 is 11.6 Å². The highest BCUT2D eigenvalue weighted by Gasteiger charge is 2.32. The van der Waals surface area contributed by atoms with E-state index in [-0.39, 0.29) is 10.3 Å². The smallest absolute Gasteiger partial charge is 0.262 e. The van der Waals surface area contributed by atoms with Crippen molar-refractivity contribution in [3.8, 4) is 0 Å². The van der Waals surface area contributed by atoms with Crippen molar-refractivity contribution in [3.63, 3.8) is 0 Å². The molecule has 0 aromatic carbocycles. The average molecular weight is 330 g/mol. The molecule has 0 saturated heterocycles. The Morgan fingerprint density at radius 2 is 2.00 bits per heavy atom. The zero-order valence-electron chi connectivity index (χ0n) is 12.0. The lowest BCUT2D eigenvalue weighted by atomic mass is 10.2. The predicted octanol–water partition coefficient (Wildman–Crippen LogP) is 0.862. The van der Waals surface area contributed by atoms with E-state index in [1.807, 2.05) is 18.5 Å². The molecule has 1 aliphatic heterocycles. The molecule has 0 unspecified atom stereocenters. The number of aryl methyl sites for hydroxylation is 2. The monoisotopic (exact) mass is 329 g/mol. The van der Waals surface area contributed by atoms with Crippen LogP contribution < -0.4 is 0 Å². The normalized spacial score (nSPS) is 16.2. The number of fused-ring (bicyclic) bond motifs is 1. The lowest BCUT2D eigenvalue weighted by molar-refractivity contribution is 0.378. The van der Waals surface area contributed by atoms with E-state index in [2.05, 4.69) is 9.97 Å². The third-order valence-corrected chi connectivity index (χ3v) is 5.91. The van der Waals surface area contributed by atoms with Gasteiger partial charge in [0.2, 0.25) is 5.28 Å². The van der Waals surface area contributed by atoms with Gasteiger partial charge in [0.1, 0.15) is 5.82 Å². The third kappa shape index (κ3) is 2.27. The summed E-state index contributed by atoms with van der Waals surface area (Å²) in [5.74, 6) is 0.889. The molecule has 114 valence electrons. The molecule has 2 aromatic rings. The van der Waals surface area contributed by atoms with Crippen LogP contribution in [0.5, 0.6) is 0 Å². The van der Waals surface area contributed by atoms with Crippen LogP contribution in [0.3, 0.4) is 0 Å². The third-order valence-electron chi connectivity index (χ3n) is 3.85. The molecule has 21 heavy (non-hydrogen) atoms. The minimum Gasteiger partial charge on any atom is -0.334 e. The van der Waals surface area contributed by atoms with Gasteiger partial charge in [-0.25, -0.2) is 18.4 Å². The van der Waals surface area contributed by atoms with Crippen LogP contribution in [0.2, 0.25) is 5.28 Å². The molecule has 0 amide bonds. The number of hydrogen-bond acceptors (Lipinski definition) is 4. The zero-order chi connectivity index (χ0) is 15.4. The van der Waals surface area contributed by atoms with Gasteiger partial charge in [-0.15, -0.1) is 0 Å². The van der Waals surface area contributed by atoms with Gasteiger partial charge in [0.25, 0.3) is 10.0 Å². The van der Waals surface area contributed by atoms with Gasteiger partial charge in [-0.05, 0) is 18.5 Å². The molecule has 0 atom stereocenters. The number of rotatable bonds is 2. The highest BCUT2D eigenvalue weighted by atomic mass is 35.5. The predicted molar refractivity (Wildman–Crippen MR) is 77.5 cm³/mol. The summed E-state index contributed by atoms with van der Waals surface area (Å²) in [5, 5.41) is 0.139. The van der Waals surface area contributed by atoms with Crippen molar-refractivity contribution in [2.75, 3.05) is 6.54 Å². The van der Waals surface area contributed by atoms with Crippen LogP contribution in [0.1, 0.15) is 17.2 Å². The Morgan fingerprint density at radius 1 is 1.29 bits per heavy atom. The molecule has 0 fully saturated rings. The quantitative estimate of drug-likeness (QED) is 0.819. The largest absolute Gasteiger partial charge is 0.334 e. The van der Waals surface area contributed by atoms with E-state index in [1.165, 1.54) is 15.1 Å². The van der Waals surface area contributed by atoms with Gasteiger partial charge < -0.3 is 9.13 Å². The van der Waals surface area contributed by atoms with Crippen molar-refractivity contribution in [2.24, 2.45) is 14.1 Å². The summed E-state index contributed by atoms with van der Waals surface area (Å²) in [6.07, 6.45) is 2.04. The first-order chi connectivity index (χ1) is 9.80. The van der Waals surface area contributed by atoms with Gasteiger partial charge in [-0.1, -0.05) is 0 Å². The van der Waals surface area contributed by atoms with E-state index in [0.717, 1.165) is 17.2 Å². The van der Waals surface area contributed by atoms with E-state index in [9.17, 15) is 8.42 Å². The highest BCUT2D eigenvalue weighted by molar-refractivity contribution is 7.89. The number of aromatic nitrogens is 4. The Bertz CT molecular complexity index is 788. The van der Waals surface area contributed by atoms with Crippen molar-refractivity contribution >= 4 is 21.6 Å². The van der Waals surface area contributed by atoms with Gasteiger partial charge in [0.15, 0.2) is 5.03 Å². The van der Waals surface area contributed by atoms with Gasteiger partial charge in [0, 0.05) is 33.3 Å². The standard InChI is InChI=1S/C12H16ClN5O2S/c1-8-14-9-4-5-18(6-10(9)17(8)3)21(19,20)11-7-16(2)12(13)15-11/h7H,4-6H2,1-3H3. The topological polar surface area (TPSA) is 73.0 Å². The summed E-state index contributed by atoms with van der Waals surface area (Å²) in [4.78, 5) is 8.38. The Hall–Kier alpha value is -1.38. The Labute approximate surface area is 128 Å². The summed E-state index contributed by atoms with van der Waals surface area (Å²) in [6, 6.07) is 0. The van der Waals surface area contributed by atoms with Crippen LogP contribution in [0.15, 0.2) is 11.2 Å². The molecule has 0 saturated carbocycles. The summed E-state index contributed by atoms with van der Waals surface area (Å²) in [6.45, 7) is 2.62. The fourth-order valence-electron chi connectivity index (χ4n) is 2.48. The van der Waals surface area contributed by atoms with Crippen molar-refractivity contribution in [1.29, 1.82) is 0 Å². The maximum absolute atomic E-state index is 12.6. The molecule has 0 aliphatic carbocycles. The minimum atomic E-state index is -3.64. The van der Waals surface area contributed by atoms with Crippen molar-refractivity contribution < 1.29 is 8.42 Å². The van der Waals surface area contributed by atoms with Crippen LogP contribution in [0.4, 0.5) is 0 Å². The van der Waals surface area contributed by atoms with Gasteiger partial charge in [-0.2, -0.15) is 4.31 Å². The van der Waals surface area contributed by atoms with E-state index >= 15 is 0 Å². The van der Waals surface area contributed by atoms with Crippen molar-refractivity contribution in [2.45, 2.75) is 24.9 Å². The maximum Gasteiger partial charge on any atom is 0.262 e. The first-order valence-corrected chi connectivity index (χ1v) is 8.32. The average Bonchev–Trinajstić information content (AvgIpc) is 2.92. The van der Waals surface area contributed by atoms with E-state index in [4.69, 9.17) is 11.6 Å². The molecule has 0 N–H and O–H groups in total. The Balaban J connectivity index is 1.96. The van der Waals surface area contributed by atoms with Crippen LogP contribution in [0, 0.1) is 6.92 Å². The van der Waals surface area contributed by atoms with Crippen LogP contribution in [-0.4, -0.2) is 38.4 Å². The number of sulfonamides is 1. The van der Waals surface area contributed by atoms with Crippen LogP contribution in [0.25, 0.3) is 0 Å². The van der Waals surface area contributed by atoms with E-state index < -0.39 is 10.0 Å². The lowest BCUT2D eigenvalue weighted by Crippen LogP contribution is -2.36. The first kappa shape index (κ1) is 14.6. The first-order valence-electron chi connectivity index (χ1n) is 6.51. The summed E-state index contributed by atoms with van der Waals surface area (Å²) in [7, 11) is -0.0805. The fraction of sp³-hybridized carbons (Fsp3) is 0.500. The van der Waals surface area contributed by atoms with E-state index in [1.54, 1.807) is 7.05 Å². The summed E-state index contributed by atoms with van der Waals surface area (Å²) >= 11 is 5.84. The molecule has 7 nitrogen and oxygen atoms in total. The van der Waals surface area contributed by atoms with Crippen molar-refractivity contribution in [3.05, 3.63) is 28.7 Å². The van der Waals surface area contributed by atoms with Crippen molar-refractivity contribution in [1.82, 2.24) is 23.4 Å². The maximum atomic E-state index is 12.6. The molecule has 2 aromatic heterocycles. The summed E-state index contributed by atoms with van der Waals surface area (Å²) < 4.78 is 30.1. The van der Waals surface area contributed by atoms with Gasteiger partial charge >= 0.3 is 0 Å². The summed E-state index contributed by atoms with van der Waals surface area (Å²) in [5.41, 5.74) is 1.91. The molecule has 1 aliphatic rings. The molecule has 3 rings (SSSR count). The van der Waals surface area contributed by atoms with Gasteiger partial charge in [0.05, 0.1) is 17.9 Å². The SMILES string of the molecule is Cc1nc2c(n1C)CN(S(=O)(=O)c1cn(C)c(Cl)n1)CC2. The zero-order valence-corrected chi connectivity index (χ0v) is 13.6. The second-order valence-electron chi connectivity index (χ2n) is 5.16. The molecular formula is C12H16ClN5O2S. The minimum absolute atomic E-state index is 0.0164. The number of halogens is 1. The second kappa shape index (κ2) is 4.82. The second-order valence-corrected chi connectivity index (χ2v) is 7.38. The van der Waals surface area contributed by atoms with Gasteiger partial charge in [-0.3, -0.25) is 0 Å². The molecular weight excluding hydrogens is 314 g/mol. The van der Waals surface area contributed by atoms with Crippen LogP contribution in [-0.2, 0) is 37.1 Å². The Kier molecular flexibility index (Phi) is 3.34. The molecule has 0 spiro atoms. The molecule has 0 bridgehead atoms. The fourth-order valence-corrected chi connectivity index (χ4v) is 4.05. The molecule has 9 heteroatoms. The number of hydrogen-bond donors (Lipinski definition) is 0. The molecule has 3 heterocycles.